The van der Waals surface area contributed by atoms with Crippen molar-refractivity contribution < 1.29 is 19.5 Å². The molecule has 1 N–H and O–H groups in total. The summed E-state index contributed by atoms with van der Waals surface area (Å²) in [7, 11) is 1.67. The largest absolute Gasteiger partial charge is 0.481 e. The summed E-state index contributed by atoms with van der Waals surface area (Å²) in [5.41, 5.74) is -0.286. The van der Waals surface area contributed by atoms with Gasteiger partial charge in [-0.1, -0.05) is 13.3 Å². The molecule has 2 rings (SSSR count). The minimum absolute atomic E-state index is 0.0440. The smallest absolute Gasteiger partial charge is 0.306 e. The first-order chi connectivity index (χ1) is 9.83. The Kier molecular flexibility index (Phi) is 4.54. The molecule has 2 aliphatic rings. The summed E-state index contributed by atoms with van der Waals surface area (Å²) in [6.07, 6.45) is 3.86. The zero-order valence-electron chi connectivity index (χ0n) is 12.8. The van der Waals surface area contributed by atoms with Gasteiger partial charge in [-0.15, -0.1) is 0 Å². The van der Waals surface area contributed by atoms with Crippen LogP contribution in [0.2, 0.25) is 0 Å². The summed E-state index contributed by atoms with van der Waals surface area (Å²) in [6, 6.07) is 0. The van der Waals surface area contributed by atoms with E-state index < -0.39 is 5.97 Å². The average molecular weight is 296 g/mol. The normalized spacial score (nSPS) is 21.5. The van der Waals surface area contributed by atoms with Crippen molar-refractivity contribution in [3.63, 3.8) is 0 Å². The van der Waals surface area contributed by atoms with Gasteiger partial charge in [0.05, 0.1) is 12.5 Å². The summed E-state index contributed by atoms with van der Waals surface area (Å²) in [5.74, 6) is -1.17. The van der Waals surface area contributed by atoms with Gasteiger partial charge < -0.3 is 14.9 Å². The molecule has 1 saturated heterocycles. The van der Waals surface area contributed by atoms with Gasteiger partial charge in [0.25, 0.3) is 0 Å². The molecule has 118 valence electrons. The quantitative estimate of drug-likeness (QED) is 0.838. The SMILES string of the molecule is CN(CC(=O)N1CCC(C(=O)O)CC1)C(=O)C1(C)CCC1. The van der Waals surface area contributed by atoms with E-state index in [-0.39, 0.29) is 29.7 Å². The Morgan fingerprint density at radius 1 is 1.24 bits per heavy atom. The van der Waals surface area contributed by atoms with Crippen LogP contribution in [0.15, 0.2) is 0 Å². The lowest BCUT2D eigenvalue weighted by molar-refractivity contribution is -0.150. The van der Waals surface area contributed by atoms with Gasteiger partial charge in [-0.3, -0.25) is 14.4 Å². The van der Waals surface area contributed by atoms with Crippen LogP contribution in [0.4, 0.5) is 0 Å². The van der Waals surface area contributed by atoms with E-state index in [4.69, 9.17) is 5.11 Å². The molecule has 2 amide bonds. The van der Waals surface area contributed by atoms with Crippen LogP contribution >= 0.6 is 0 Å². The number of likely N-dealkylation sites (tertiary alicyclic amines) is 1. The molecule has 1 aliphatic carbocycles. The second kappa shape index (κ2) is 6.03. The number of amides is 2. The molecule has 1 aliphatic heterocycles. The number of carbonyl (C=O) groups excluding carboxylic acids is 2. The zero-order valence-corrected chi connectivity index (χ0v) is 12.8. The highest BCUT2D eigenvalue weighted by atomic mass is 16.4. The molecular formula is C15H24N2O4. The fourth-order valence-corrected chi connectivity index (χ4v) is 3.13. The van der Waals surface area contributed by atoms with Crippen molar-refractivity contribution in [1.82, 2.24) is 9.80 Å². The number of carbonyl (C=O) groups is 3. The Bertz CT molecular complexity index is 437. The number of nitrogens with zero attached hydrogens (tertiary/aromatic N) is 2. The van der Waals surface area contributed by atoms with E-state index in [9.17, 15) is 14.4 Å². The van der Waals surface area contributed by atoms with Crippen LogP contribution in [0.25, 0.3) is 0 Å². The highest BCUT2D eigenvalue weighted by Gasteiger charge is 2.41. The summed E-state index contributed by atoms with van der Waals surface area (Å²) < 4.78 is 0. The number of likely N-dealkylation sites (N-methyl/N-ethyl adjacent to an activating group) is 1. The second-order valence-corrected chi connectivity index (χ2v) is 6.57. The summed E-state index contributed by atoms with van der Waals surface area (Å²) >= 11 is 0. The van der Waals surface area contributed by atoms with Crippen LogP contribution in [0.5, 0.6) is 0 Å². The summed E-state index contributed by atoms with van der Waals surface area (Å²) in [5, 5.41) is 8.95. The molecule has 0 spiro atoms. The van der Waals surface area contributed by atoms with Gasteiger partial charge in [0.2, 0.25) is 11.8 Å². The molecule has 0 aromatic rings. The van der Waals surface area contributed by atoms with E-state index >= 15 is 0 Å². The van der Waals surface area contributed by atoms with Crippen molar-refractivity contribution in [3.05, 3.63) is 0 Å². The van der Waals surface area contributed by atoms with Crippen molar-refractivity contribution in [2.75, 3.05) is 26.7 Å². The molecule has 0 aromatic heterocycles. The molecule has 0 radical (unpaired) electrons. The van der Waals surface area contributed by atoms with Crippen molar-refractivity contribution in [2.24, 2.45) is 11.3 Å². The van der Waals surface area contributed by atoms with Crippen LogP contribution in [0.3, 0.4) is 0 Å². The average Bonchev–Trinajstić information content (AvgIpc) is 2.43. The lowest BCUT2D eigenvalue weighted by atomic mass is 9.69. The molecule has 1 saturated carbocycles. The number of carboxylic acid groups (broad SMARTS) is 1. The Morgan fingerprint density at radius 2 is 1.81 bits per heavy atom. The highest BCUT2D eigenvalue weighted by Crippen LogP contribution is 2.41. The second-order valence-electron chi connectivity index (χ2n) is 6.57. The van der Waals surface area contributed by atoms with E-state index in [1.807, 2.05) is 6.92 Å². The molecule has 0 aromatic carbocycles. The van der Waals surface area contributed by atoms with Gasteiger partial charge in [0, 0.05) is 25.6 Å². The third kappa shape index (κ3) is 3.36. The third-order valence-corrected chi connectivity index (χ3v) is 4.89. The van der Waals surface area contributed by atoms with Gasteiger partial charge in [-0.25, -0.2) is 0 Å². The topological polar surface area (TPSA) is 77.9 Å². The zero-order chi connectivity index (χ0) is 15.6. The van der Waals surface area contributed by atoms with Gasteiger partial charge >= 0.3 is 5.97 Å². The van der Waals surface area contributed by atoms with Crippen LogP contribution in [0, 0.1) is 11.3 Å². The maximum absolute atomic E-state index is 12.3. The number of hydrogen-bond acceptors (Lipinski definition) is 3. The first-order valence-corrected chi connectivity index (χ1v) is 7.59. The minimum Gasteiger partial charge on any atom is -0.481 e. The summed E-state index contributed by atoms with van der Waals surface area (Å²) in [6.45, 7) is 2.98. The molecule has 6 heteroatoms. The van der Waals surface area contributed by atoms with E-state index in [2.05, 4.69) is 0 Å². The fourth-order valence-electron chi connectivity index (χ4n) is 3.13. The number of rotatable bonds is 4. The molecule has 1 heterocycles. The maximum atomic E-state index is 12.3. The van der Waals surface area contributed by atoms with E-state index in [1.54, 1.807) is 11.9 Å². The predicted molar refractivity (Wildman–Crippen MR) is 76.5 cm³/mol. The number of piperidine rings is 1. The van der Waals surface area contributed by atoms with Crippen molar-refractivity contribution in [1.29, 1.82) is 0 Å². The Morgan fingerprint density at radius 3 is 2.24 bits per heavy atom. The van der Waals surface area contributed by atoms with Gasteiger partial charge in [-0.2, -0.15) is 0 Å². The summed E-state index contributed by atoms with van der Waals surface area (Å²) in [4.78, 5) is 38.6. The van der Waals surface area contributed by atoms with Crippen molar-refractivity contribution >= 4 is 17.8 Å². The van der Waals surface area contributed by atoms with E-state index in [0.717, 1.165) is 19.3 Å². The van der Waals surface area contributed by atoms with Gasteiger partial charge in [-0.05, 0) is 25.7 Å². The molecule has 0 atom stereocenters. The Balaban J connectivity index is 1.82. The number of hydrogen-bond donors (Lipinski definition) is 1. The maximum Gasteiger partial charge on any atom is 0.306 e. The fraction of sp³-hybridized carbons (Fsp3) is 0.800. The lowest BCUT2D eigenvalue weighted by Gasteiger charge is -2.40. The molecule has 21 heavy (non-hydrogen) atoms. The van der Waals surface area contributed by atoms with Gasteiger partial charge in [0.15, 0.2) is 0 Å². The first-order valence-electron chi connectivity index (χ1n) is 7.59. The van der Waals surface area contributed by atoms with Crippen molar-refractivity contribution in [3.8, 4) is 0 Å². The molecular weight excluding hydrogens is 272 g/mol. The lowest BCUT2D eigenvalue weighted by Crippen LogP contribution is -2.49. The molecule has 2 fully saturated rings. The van der Waals surface area contributed by atoms with E-state index in [1.165, 1.54) is 4.90 Å². The number of aliphatic carboxylic acids is 1. The minimum atomic E-state index is -0.785. The van der Waals surface area contributed by atoms with Crippen LogP contribution in [0.1, 0.15) is 39.0 Å². The third-order valence-electron chi connectivity index (χ3n) is 4.89. The first kappa shape index (κ1) is 15.8. The highest BCUT2D eigenvalue weighted by molar-refractivity contribution is 5.88. The molecule has 6 nitrogen and oxygen atoms in total. The molecule has 0 bridgehead atoms. The van der Waals surface area contributed by atoms with Gasteiger partial charge in [0.1, 0.15) is 0 Å². The van der Waals surface area contributed by atoms with Crippen molar-refractivity contribution in [2.45, 2.75) is 39.0 Å². The monoisotopic (exact) mass is 296 g/mol. The Labute approximate surface area is 125 Å². The van der Waals surface area contributed by atoms with E-state index in [0.29, 0.717) is 25.9 Å². The predicted octanol–water partition coefficient (Wildman–Crippen LogP) is 0.958. The van der Waals surface area contributed by atoms with Crippen LogP contribution in [-0.4, -0.2) is 59.4 Å². The van der Waals surface area contributed by atoms with Crippen LogP contribution < -0.4 is 0 Å². The number of carboxylic acids is 1. The molecule has 0 unspecified atom stereocenters. The Hall–Kier alpha value is -1.59. The van der Waals surface area contributed by atoms with Crippen LogP contribution in [-0.2, 0) is 14.4 Å². The standard InChI is InChI=1S/C15H24N2O4/c1-15(6-3-7-15)14(21)16(2)10-12(18)17-8-4-11(5-9-17)13(19)20/h11H,3-10H2,1-2H3,(H,19,20).